The molecule has 2 aromatic rings. The van der Waals surface area contributed by atoms with Gasteiger partial charge in [-0.05, 0) is 36.8 Å². The average molecular weight is 377 g/mol. The molecular formula is C18H23N3O4S. The lowest BCUT2D eigenvalue weighted by atomic mass is 10.1. The molecule has 1 aromatic heterocycles. The Kier molecular flexibility index (Phi) is 7.26. The van der Waals surface area contributed by atoms with Gasteiger partial charge in [0.15, 0.2) is 0 Å². The van der Waals surface area contributed by atoms with Crippen LogP contribution in [0.3, 0.4) is 0 Å². The molecule has 0 atom stereocenters. The topological polar surface area (TPSA) is 97.4 Å². The van der Waals surface area contributed by atoms with Crippen LogP contribution in [-0.2, 0) is 21.2 Å². The van der Waals surface area contributed by atoms with E-state index in [4.69, 9.17) is 4.74 Å². The second-order valence-corrected chi connectivity index (χ2v) is 7.46. The monoisotopic (exact) mass is 377 g/mol. The summed E-state index contributed by atoms with van der Waals surface area (Å²) in [6.45, 7) is 2.62. The minimum atomic E-state index is -3.69. The number of benzene rings is 1. The number of methoxy groups -OCH3 is 1. The van der Waals surface area contributed by atoms with Gasteiger partial charge in [-0.2, -0.15) is 0 Å². The first-order valence-corrected chi connectivity index (χ1v) is 9.69. The lowest BCUT2D eigenvalue weighted by molar-refractivity contribution is 0.0953. The highest BCUT2D eigenvalue weighted by Crippen LogP contribution is 2.15. The minimum Gasteiger partial charge on any atom is -0.383 e. The van der Waals surface area contributed by atoms with E-state index in [-0.39, 0.29) is 24.0 Å². The largest absolute Gasteiger partial charge is 0.383 e. The first-order valence-electron chi connectivity index (χ1n) is 8.21. The SMILES string of the molecule is COCCNS(=O)(=O)c1ccc(C)c(C(=O)NCCc2ccccn2)c1. The molecule has 0 radical (unpaired) electrons. The van der Waals surface area contributed by atoms with E-state index in [0.29, 0.717) is 24.1 Å². The quantitative estimate of drug-likeness (QED) is 0.642. The molecule has 0 unspecified atom stereocenters. The number of nitrogens with one attached hydrogen (secondary N) is 2. The van der Waals surface area contributed by atoms with Crippen molar-refractivity contribution in [2.45, 2.75) is 18.2 Å². The molecule has 26 heavy (non-hydrogen) atoms. The number of rotatable bonds is 9. The standard InChI is InChI=1S/C18H23N3O4S/c1-14-6-7-16(26(23,24)21-11-12-25-2)13-17(14)18(22)20-10-8-15-5-3-4-9-19-15/h3-7,9,13,21H,8,10-12H2,1-2H3,(H,20,22). The molecule has 0 bridgehead atoms. The average Bonchev–Trinajstić information content (AvgIpc) is 2.63. The third-order valence-electron chi connectivity index (χ3n) is 3.76. The molecule has 140 valence electrons. The second-order valence-electron chi connectivity index (χ2n) is 5.69. The van der Waals surface area contributed by atoms with E-state index in [1.54, 1.807) is 19.2 Å². The van der Waals surface area contributed by atoms with Crippen molar-refractivity contribution in [1.29, 1.82) is 0 Å². The van der Waals surface area contributed by atoms with Crippen molar-refractivity contribution < 1.29 is 17.9 Å². The van der Waals surface area contributed by atoms with E-state index in [1.807, 2.05) is 18.2 Å². The van der Waals surface area contributed by atoms with Gasteiger partial charge in [-0.1, -0.05) is 12.1 Å². The van der Waals surface area contributed by atoms with Crippen LogP contribution >= 0.6 is 0 Å². The highest BCUT2D eigenvalue weighted by atomic mass is 32.2. The van der Waals surface area contributed by atoms with E-state index in [2.05, 4.69) is 15.0 Å². The predicted molar refractivity (Wildman–Crippen MR) is 98.5 cm³/mol. The Morgan fingerprint density at radius 2 is 2.00 bits per heavy atom. The molecule has 2 rings (SSSR count). The summed E-state index contributed by atoms with van der Waals surface area (Å²) >= 11 is 0. The van der Waals surface area contributed by atoms with Crippen molar-refractivity contribution >= 4 is 15.9 Å². The maximum atomic E-state index is 12.4. The van der Waals surface area contributed by atoms with Gasteiger partial charge >= 0.3 is 0 Å². The maximum absolute atomic E-state index is 12.4. The number of pyridine rings is 1. The van der Waals surface area contributed by atoms with Crippen LogP contribution in [0.2, 0.25) is 0 Å². The Morgan fingerprint density at radius 1 is 1.19 bits per heavy atom. The van der Waals surface area contributed by atoms with Crippen LogP contribution in [-0.4, -0.2) is 46.1 Å². The fourth-order valence-corrected chi connectivity index (χ4v) is 3.36. The summed E-state index contributed by atoms with van der Waals surface area (Å²) in [5.41, 5.74) is 1.92. The van der Waals surface area contributed by atoms with Crippen molar-refractivity contribution in [1.82, 2.24) is 15.0 Å². The van der Waals surface area contributed by atoms with Gasteiger partial charge in [0.1, 0.15) is 0 Å². The number of hydrogen-bond acceptors (Lipinski definition) is 5. The van der Waals surface area contributed by atoms with E-state index < -0.39 is 10.0 Å². The van der Waals surface area contributed by atoms with E-state index in [1.165, 1.54) is 19.2 Å². The molecule has 1 aromatic carbocycles. The summed E-state index contributed by atoms with van der Waals surface area (Å²) in [5.74, 6) is -0.313. The van der Waals surface area contributed by atoms with Crippen molar-refractivity contribution in [2.75, 3.05) is 26.8 Å². The zero-order valence-electron chi connectivity index (χ0n) is 14.9. The van der Waals surface area contributed by atoms with Gasteiger partial charge in [-0.25, -0.2) is 13.1 Å². The van der Waals surface area contributed by atoms with Crippen LogP contribution in [0.15, 0.2) is 47.5 Å². The number of sulfonamides is 1. The van der Waals surface area contributed by atoms with Crippen LogP contribution < -0.4 is 10.0 Å². The molecule has 0 aliphatic rings. The number of carbonyl (C=O) groups excluding carboxylic acids is 1. The minimum absolute atomic E-state index is 0.0501. The number of nitrogens with zero attached hydrogens (tertiary/aromatic N) is 1. The molecule has 7 nitrogen and oxygen atoms in total. The molecule has 0 saturated carbocycles. The van der Waals surface area contributed by atoms with Crippen molar-refractivity contribution in [3.63, 3.8) is 0 Å². The molecular weight excluding hydrogens is 354 g/mol. The fraction of sp³-hybridized carbons (Fsp3) is 0.333. The smallest absolute Gasteiger partial charge is 0.251 e. The Labute approximate surface area is 153 Å². The molecule has 8 heteroatoms. The molecule has 0 aliphatic carbocycles. The Balaban J connectivity index is 2.05. The highest BCUT2D eigenvalue weighted by molar-refractivity contribution is 7.89. The Bertz CT molecular complexity index is 839. The summed E-state index contributed by atoms with van der Waals surface area (Å²) in [7, 11) is -2.20. The molecule has 1 amide bonds. The summed E-state index contributed by atoms with van der Waals surface area (Å²) in [4.78, 5) is 16.7. The van der Waals surface area contributed by atoms with Gasteiger partial charge in [0.2, 0.25) is 10.0 Å². The maximum Gasteiger partial charge on any atom is 0.251 e. The lowest BCUT2D eigenvalue weighted by Crippen LogP contribution is -2.29. The Hall–Kier alpha value is -2.29. The number of aryl methyl sites for hydroxylation is 1. The van der Waals surface area contributed by atoms with Gasteiger partial charge in [0.25, 0.3) is 5.91 Å². The van der Waals surface area contributed by atoms with Crippen LogP contribution in [0.5, 0.6) is 0 Å². The second kappa shape index (κ2) is 9.42. The zero-order valence-corrected chi connectivity index (χ0v) is 15.7. The highest BCUT2D eigenvalue weighted by Gasteiger charge is 2.17. The van der Waals surface area contributed by atoms with E-state index in [9.17, 15) is 13.2 Å². The van der Waals surface area contributed by atoms with E-state index in [0.717, 1.165) is 5.69 Å². The van der Waals surface area contributed by atoms with Crippen molar-refractivity contribution in [2.24, 2.45) is 0 Å². The van der Waals surface area contributed by atoms with Gasteiger partial charge in [0, 0.05) is 44.1 Å². The van der Waals surface area contributed by atoms with Crippen LogP contribution in [0, 0.1) is 6.92 Å². The number of ether oxygens (including phenoxy) is 1. The molecule has 0 saturated heterocycles. The number of hydrogen-bond donors (Lipinski definition) is 2. The third kappa shape index (κ3) is 5.62. The van der Waals surface area contributed by atoms with E-state index >= 15 is 0 Å². The number of carbonyl (C=O) groups is 1. The molecule has 0 spiro atoms. The van der Waals surface area contributed by atoms with Crippen molar-refractivity contribution in [3.05, 3.63) is 59.4 Å². The first kappa shape index (κ1) is 20.0. The molecule has 0 aliphatic heterocycles. The van der Waals surface area contributed by atoms with Crippen molar-refractivity contribution in [3.8, 4) is 0 Å². The zero-order chi connectivity index (χ0) is 19.0. The third-order valence-corrected chi connectivity index (χ3v) is 5.21. The predicted octanol–water partition coefficient (Wildman–Crippen LogP) is 1.29. The number of aromatic nitrogens is 1. The van der Waals surface area contributed by atoms with Gasteiger partial charge < -0.3 is 10.1 Å². The van der Waals surface area contributed by atoms with Crippen LogP contribution in [0.25, 0.3) is 0 Å². The van der Waals surface area contributed by atoms with Gasteiger partial charge in [-0.3, -0.25) is 9.78 Å². The van der Waals surface area contributed by atoms with Gasteiger partial charge in [-0.15, -0.1) is 0 Å². The first-order chi connectivity index (χ1) is 12.4. The molecule has 0 fully saturated rings. The van der Waals surface area contributed by atoms with Crippen LogP contribution in [0.1, 0.15) is 21.6 Å². The summed E-state index contributed by atoms with van der Waals surface area (Å²) in [5, 5.41) is 2.81. The lowest BCUT2D eigenvalue weighted by Gasteiger charge is -2.11. The van der Waals surface area contributed by atoms with Gasteiger partial charge in [0.05, 0.1) is 11.5 Å². The Morgan fingerprint density at radius 3 is 2.69 bits per heavy atom. The molecule has 1 heterocycles. The summed E-state index contributed by atoms with van der Waals surface area (Å²) in [6, 6.07) is 10.1. The summed E-state index contributed by atoms with van der Waals surface area (Å²) in [6.07, 6.45) is 2.30. The normalized spacial score (nSPS) is 11.3. The molecule has 2 N–H and O–H groups in total. The van der Waals surface area contributed by atoms with Crippen LogP contribution in [0.4, 0.5) is 0 Å². The fourth-order valence-electron chi connectivity index (χ4n) is 2.32. The summed E-state index contributed by atoms with van der Waals surface area (Å²) < 4.78 is 31.8. The number of amides is 1.